The third-order valence-corrected chi connectivity index (χ3v) is 5.28. The average Bonchev–Trinajstić information content (AvgIpc) is 2.89. The van der Waals surface area contributed by atoms with E-state index in [9.17, 15) is 4.79 Å². The average molecular weight is 316 g/mol. The van der Waals surface area contributed by atoms with Crippen LogP contribution < -0.4 is 5.32 Å². The Bertz CT molecular complexity index is 569. The first-order valence-corrected chi connectivity index (χ1v) is 8.01. The summed E-state index contributed by atoms with van der Waals surface area (Å²) in [5.74, 6) is 0.502. The summed E-state index contributed by atoms with van der Waals surface area (Å²) in [6, 6.07) is 7.86. The minimum absolute atomic E-state index is 0.111. The number of alkyl halides is 2. The van der Waals surface area contributed by atoms with Crippen LogP contribution in [-0.2, 0) is 0 Å². The molecule has 1 aromatic heterocycles. The van der Waals surface area contributed by atoms with Crippen molar-refractivity contribution in [3.63, 3.8) is 0 Å². The molecule has 0 spiro atoms. The van der Waals surface area contributed by atoms with Crippen molar-refractivity contribution in [2.45, 2.75) is 18.9 Å². The molecule has 0 aliphatic rings. The number of benzene rings is 1. The molecule has 19 heavy (non-hydrogen) atoms. The molecule has 2 rings (SSSR count). The number of rotatable bonds is 5. The maximum Gasteiger partial charge on any atom is 0.253 e. The van der Waals surface area contributed by atoms with Gasteiger partial charge in [-0.1, -0.05) is 25.1 Å². The van der Waals surface area contributed by atoms with E-state index >= 15 is 0 Å². The van der Waals surface area contributed by atoms with Gasteiger partial charge in [0.25, 0.3) is 5.91 Å². The number of thiophene rings is 1. The Morgan fingerprint density at radius 1 is 1.32 bits per heavy atom. The van der Waals surface area contributed by atoms with Crippen molar-refractivity contribution in [3.05, 3.63) is 35.2 Å². The first-order chi connectivity index (χ1) is 9.15. The summed E-state index contributed by atoms with van der Waals surface area (Å²) in [5.41, 5.74) is 0.150. The number of hydrogen-bond acceptors (Lipinski definition) is 2. The summed E-state index contributed by atoms with van der Waals surface area (Å²) in [5, 5.41) is 5.83. The Morgan fingerprint density at radius 3 is 2.63 bits per heavy atom. The summed E-state index contributed by atoms with van der Waals surface area (Å²) in [6.07, 6.45) is 0.702. The van der Waals surface area contributed by atoms with Gasteiger partial charge >= 0.3 is 0 Å². The lowest BCUT2D eigenvalue weighted by Gasteiger charge is -2.29. The van der Waals surface area contributed by atoms with Crippen LogP contribution in [0.2, 0.25) is 0 Å². The Morgan fingerprint density at radius 2 is 2.00 bits per heavy atom. The van der Waals surface area contributed by atoms with Gasteiger partial charge in [-0.25, -0.2) is 0 Å². The van der Waals surface area contributed by atoms with Crippen LogP contribution in [0.1, 0.15) is 23.7 Å². The molecule has 1 heterocycles. The number of halogens is 2. The summed E-state index contributed by atoms with van der Waals surface area (Å²) < 4.78 is 1.10. The molecular formula is C14H15Cl2NOS. The minimum Gasteiger partial charge on any atom is -0.344 e. The number of carbonyl (C=O) groups excluding carboxylic acids is 1. The molecule has 0 saturated heterocycles. The minimum atomic E-state index is -0.538. The van der Waals surface area contributed by atoms with Crippen molar-refractivity contribution < 1.29 is 4.79 Å². The van der Waals surface area contributed by atoms with E-state index in [0.717, 1.165) is 10.1 Å². The van der Waals surface area contributed by atoms with Crippen LogP contribution in [-0.4, -0.2) is 23.2 Å². The highest BCUT2D eigenvalue weighted by molar-refractivity contribution is 7.17. The Labute approximate surface area is 126 Å². The lowest BCUT2D eigenvalue weighted by Crippen LogP contribution is -2.51. The van der Waals surface area contributed by atoms with Crippen molar-refractivity contribution in [1.82, 2.24) is 5.32 Å². The quantitative estimate of drug-likeness (QED) is 0.821. The van der Waals surface area contributed by atoms with Crippen molar-refractivity contribution in [2.75, 3.05) is 11.8 Å². The molecule has 102 valence electrons. The Hall–Kier alpha value is -0.770. The van der Waals surface area contributed by atoms with Gasteiger partial charge in [-0.05, 0) is 12.5 Å². The number of nitrogens with one attached hydrogen (secondary N) is 1. The largest absolute Gasteiger partial charge is 0.344 e. The van der Waals surface area contributed by atoms with E-state index in [1.165, 1.54) is 0 Å². The standard InChI is InChI=1S/C14H15Cl2NOS/c1-2-14(8-15,9-16)17-13(18)11-7-19-12-6-4-3-5-10(11)12/h3-7H,2,8-9H2,1H3,(H,17,18). The molecule has 2 nitrogen and oxygen atoms in total. The monoisotopic (exact) mass is 315 g/mol. The van der Waals surface area contributed by atoms with E-state index < -0.39 is 5.54 Å². The van der Waals surface area contributed by atoms with Gasteiger partial charge in [0.1, 0.15) is 0 Å². The number of carbonyl (C=O) groups is 1. The van der Waals surface area contributed by atoms with Crippen LogP contribution in [0.15, 0.2) is 29.6 Å². The van der Waals surface area contributed by atoms with Gasteiger partial charge in [-0.3, -0.25) is 4.79 Å². The second-order valence-corrected chi connectivity index (χ2v) is 5.95. The van der Waals surface area contributed by atoms with Crippen LogP contribution >= 0.6 is 34.5 Å². The van der Waals surface area contributed by atoms with E-state index in [4.69, 9.17) is 23.2 Å². The van der Waals surface area contributed by atoms with E-state index in [2.05, 4.69) is 5.32 Å². The molecule has 0 unspecified atom stereocenters. The zero-order valence-corrected chi connectivity index (χ0v) is 12.9. The van der Waals surface area contributed by atoms with Gasteiger partial charge in [-0.2, -0.15) is 0 Å². The lowest BCUT2D eigenvalue weighted by atomic mass is 10.0. The van der Waals surface area contributed by atoms with E-state index in [1.807, 2.05) is 36.6 Å². The maximum atomic E-state index is 12.4. The predicted octanol–water partition coefficient (Wildman–Crippen LogP) is 4.26. The molecule has 0 atom stereocenters. The highest BCUT2D eigenvalue weighted by Crippen LogP contribution is 2.26. The van der Waals surface area contributed by atoms with Crippen LogP contribution in [0.3, 0.4) is 0 Å². The fraction of sp³-hybridized carbons (Fsp3) is 0.357. The zero-order chi connectivity index (χ0) is 13.9. The molecule has 1 amide bonds. The van der Waals surface area contributed by atoms with Crippen LogP contribution in [0.5, 0.6) is 0 Å². The van der Waals surface area contributed by atoms with Crippen LogP contribution in [0, 0.1) is 0 Å². The molecule has 2 aromatic rings. The number of hydrogen-bond donors (Lipinski definition) is 1. The SMILES string of the molecule is CCC(CCl)(CCl)NC(=O)c1csc2ccccc12. The molecule has 0 saturated carbocycles. The zero-order valence-electron chi connectivity index (χ0n) is 10.6. The molecule has 0 aliphatic carbocycles. The molecule has 1 aromatic carbocycles. The normalized spacial score (nSPS) is 11.7. The molecule has 0 fully saturated rings. The van der Waals surface area contributed by atoms with E-state index in [0.29, 0.717) is 23.7 Å². The van der Waals surface area contributed by atoms with Gasteiger partial charge in [0.05, 0.1) is 11.1 Å². The highest BCUT2D eigenvalue weighted by Gasteiger charge is 2.29. The predicted molar refractivity (Wildman–Crippen MR) is 83.8 cm³/mol. The number of amides is 1. The van der Waals surface area contributed by atoms with Crippen molar-refractivity contribution in [3.8, 4) is 0 Å². The Balaban J connectivity index is 2.29. The lowest BCUT2D eigenvalue weighted by molar-refractivity contribution is 0.0915. The molecule has 0 bridgehead atoms. The molecule has 0 aliphatic heterocycles. The Kier molecular flexibility index (Phi) is 4.71. The fourth-order valence-electron chi connectivity index (χ4n) is 1.84. The topological polar surface area (TPSA) is 29.1 Å². The molecule has 1 N–H and O–H groups in total. The highest BCUT2D eigenvalue weighted by atomic mass is 35.5. The molecular weight excluding hydrogens is 301 g/mol. The number of fused-ring (bicyclic) bond motifs is 1. The first-order valence-electron chi connectivity index (χ1n) is 6.06. The fourth-order valence-corrected chi connectivity index (χ4v) is 3.58. The third kappa shape index (κ3) is 2.88. The van der Waals surface area contributed by atoms with E-state index in [1.54, 1.807) is 11.3 Å². The maximum absolute atomic E-state index is 12.4. The second kappa shape index (κ2) is 6.12. The second-order valence-electron chi connectivity index (χ2n) is 4.50. The van der Waals surface area contributed by atoms with Crippen LogP contribution in [0.25, 0.3) is 10.1 Å². The van der Waals surface area contributed by atoms with Crippen molar-refractivity contribution in [1.29, 1.82) is 0 Å². The van der Waals surface area contributed by atoms with Gasteiger partial charge in [-0.15, -0.1) is 34.5 Å². The van der Waals surface area contributed by atoms with Crippen molar-refractivity contribution in [2.24, 2.45) is 0 Å². The summed E-state index contributed by atoms with van der Waals surface area (Å²) in [6.45, 7) is 1.97. The third-order valence-electron chi connectivity index (χ3n) is 3.29. The van der Waals surface area contributed by atoms with Gasteiger partial charge < -0.3 is 5.32 Å². The molecule has 0 radical (unpaired) electrons. The smallest absolute Gasteiger partial charge is 0.253 e. The van der Waals surface area contributed by atoms with Crippen LogP contribution in [0.4, 0.5) is 0 Å². The first kappa shape index (κ1) is 14.6. The summed E-state index contributed by atoms with van der Waals surface area (Å²) in [4.78, 5) is 12.4. The van der Waals surface area contributed by atoms with Gasteiger partial charge in [0, 0.05) is 27.2 Å². The van der Waals surface area contributed by atoms with E-state index in [-0.39, 0.29) is 5.91 Å². The van der Waals surface area contributed by atoms with Crippen molar-refractivity contribution >= 4 is 50.5 Å². The van der Waals surface area contributed by atoms with Gasteiger partial charge in [0.15, 0.2) is 0 Å². The summed E-state index contributed by atoms with van der Waals surface area (Å²) in [7, 11) is 0. The van der Waals surface area contributed by atoms with Gasteiger partial charge in [0.2, 0.25) is 0 Å². The summed E-state index contributed by atoms with van der Waals surface area (Å²) >= 11 is 13.5. The molecule has 5 heteroatoms.